The van der Waals surface area contributed by atoms with E-state index in [1.54, 1.807) is 0 Å². The van der Waals surface area contributed by atoms with Crippen LogP contribution in [0.1, 0.15) is 188 Å². The Bertz CT molecular complexity index is 1420. The zero-order chi connectivity index (χ0) is 45.8. The van der Waals surface area contributed by atoms with Crippen LogP contribution in [0.3, 0.4) is 0 Å². The fraction of sp³-hybridized carbons (Fsp3) is 0.561. The molecule has 0 aliphatic carbocycles. The maximum atomic E-state index is 12.8. The highest BCUT2D eigenvalue weighted by atomic mass is 16.6. The number of unbranched alkanes of at least 4 members (excludes halogenated alkanes) is 17. The maximum absolute atomic E-state index is 12.8. The van der Waals surface area contributed by atoms with Crippen molar-refractivity contribution in [3.8, 4) is 0 Å². The van der Waals surface area contributed by atoms with Crippen molar-refractivity contribution in [3.05, 3.63) is 134 Å². The van der Waals surface area contributed by atoms with E-state index >= 15 is 0 Å². The van der Waals surface area contributed by atoms with Crippen molar-refractivity contribution >= 4 is 17.9 Å². The molecule has 0 aromatic carbocycles. The molecule has 1 unspecified atom stereocenters. The topological polar surface area (TPSA) is 78.9 Å². The Morgan fingerprint density at radius 3 is 1.16 bits per heavy atom. The minimum absolute atomic E-state index is 0.125. The van der Waals surface area contributed by atoms with E-state index < -0.39 is 6.10 Å². The van der Waals surface area contributed by atoms with Crippen molar-refractivity contribution in [3.63, 3.8) is 0 Å². The quantitative estimate of drug-likeness (QED) is 0.0200. The highest BCUT2D eigenvalue weighted by Gasteiger charge is 2.19. The molecule has 0 N–H and O–H groups in total. The summed E-state index contributed by atoms with van der Waals surface area (Å²) in [7, 11) is 0. The largest absolute Gasteiger partial charge is 0.462 e. The van der Waals surface area contributed by atoms with Crippen LogP contribution in [0.15, 0.2) is 134 Å². The minimum atomic E-state index is -0.830. The van der Waals surface area contributed by atoms with Gasteiger partial charge in [0.2, 0.25) is 0 Å². The number of rotatable bonds is 42. The highest BCUT2D eigenvalue weighted by molar-refractivity contribution is 5.71. The lowest BCUT2D eigenvalue weighted by atomic mass is 10.1. The molecule has 0 spiro atoms. The van der Waals surface area contributed by atoms with Crippen LogP contribution in [0.2, 0.25) is 0 Å². The van der Waals surface area contributed by atoms with Gasteiger partial charge in [-0.15, -0.1) is 0 Å². The Kier molecular flexibility index (Phi) is 46.7. The monoisotopic (exact) mass is 869 g/mol. The highest BCUT2D eigenvalue weighted by Crippen LogP contribution is 2.12. The van der Waals surface area contributed by atoms with Crippen molar-refractivity contribution in [2.75, 3.05) is 13.2 Å². The fourth-order valence-electron chi connectivity index (χ4n) is 6.14. The Labute approximate surface area is 385 Å². The summed E-state index contributed by atoms with van der Waals surface area (Å²) in [6.45, 7) is 6.27. The van der Waals surface area contributed by atoms with Crippen molar-refractivity contribution in [1.29, 1.82) is 0 Å². The maximum Gasteiger partial charge on any atom is 0.306 e. The molecular weight excluding hydrogens is 781 g/mol. The van der Waals surface area contributed by atoms with E-state index in [2.05, 4.69) is 63.3 Å². The summed E-state index contributed by atoms with van der Waals surface area (Å²) in [6.07, 6.45) is 70.1. The smallest absolute Gasteiger partial charge is 0.306 e. The van der Waals surface area contributed by atoms with Crippen LogP contribution in [-0.2, 0) is 28.6 Å². The Morgan fingerprint density at radius 2 is 0.683 bits per heavy atom. The first-order valence-electron chi connectivity index (χ1n) is 24.8. The average Bonchev–Trinajstić information content (AvgIpc) is 3.28. The Hall–Kier alpha value is -4.45. The van der Waals surface area contributed by atoms with E-state index in [9.17, 15) is 14.4 Å². The van der Waals surface area contributed by atoms with Crippen molar-refractivity contribution in [1.82, 2.24) is 0 Å². The van der Waals surface area contributed by atoms with E-state index in [0.29, 0.717) is 12.8 Å². The molecule has 0 saturated carbocycles. The summed E-state index contributed by atoms with van der Waals surface area (Å²) in [5.74, 6) is -1.05. The molecule has 0 amide bonds. The molecule has 63 heavy (non-hydrogen) atoms. The third-order valence-electron chi connectivity index (χ3n) is 9.85. The van der Waals surface area contributed by atoms with Gasteiger partial charge in [-0.2, -0.15) is 0 Å². The Morgan fingerprint density at radius 1 is 0.333 bits per heavy atom. The first-order valence-corrected chi connectivity index (χ1v) is 24.8. The van der Waals surface area contributed by atoms with Gasteiger partial charge in [-0.25, -0.2) is 0 Å². The van der Waals surface area contributed by atoms with Crippen LogP contribution in [0.5, 0.6) is 0 Å². The second kappa shape index (κ2) is 50.2. The van der Waals surface area contributed by atoms with E-state index in [1.165, 1.54) is 51.4 Å². The number of carbonyl (C=O) groups excluding carboxylic acids is 3. The number of esters is 3. The van der Waals surface area contributed by atoms with Gasteiger partial charge in [0.25, 0.3) is 0 Å². The molecule has 352 valence electrons. The van der Waals surface area contributed by atoms with Crippen molar-refractivity contribution < 1.29 is 28.6 Å². The van der Waals surface area contributed by atoms with E-state index in [1.807, 2.05) is 91.1 Å². The molecule has 0 heterocycles. The van der Waals surface area contributed by atoms with Crippen molar-refractivity contribution in [2.24, 2.45) is 0 Å². The average molecular weight is 869 g/mol. The molecule has 0 aromatic rings. The van der Waals surface area contributed by atoms with E-state index in [0.717, 1.165) is 89.9 Å². The van der Waals surface area contributed by atoms with Gasteiger partial charge in [0.1, 0.15) is 13.2 Å². The van der Waals surface area contributed by atoms with Gasteiger partial charge < -0.3 is 14.2 Å². The van der Waals surface area contributed by atoms with Crippen LogP contribution < -0.4 is 0 Å². The lowest BCUT2D eigenvalue weighted by molar-refractivity contribution is -0.167. The number of carbonyl (C=O) groups is 3. The van der Waals surface area contributed by atoms with E-state index in [4.69, 9.17) is 14.2 Å². The van der Waals surface area contributed by atoms with Crippen LogP contribution in [-0.4, -0.2) is 37.2 Å². The van der Waals surface area contributed by atoms with Gasteiger partial charge >= 0.3 is 17.9 Å². The number of allylic oxidation sites excluding steroid dienone is 22. The van der Waals surface area contributed by atoms with E-state index in [-0.39, 0.29) is 44.0 Å². The van der Waals surface area contributed by atoms with Gasteiger partial charge in [-0.1, -0.05) is 225 Å². The Balaban J connectivity index is 4.58. The molecule has 0 rings (SSSR count). The zero-order valence-electron chi connectivity index (χ0n) is 40.0. The second-order valence-corrected chi connectivity index (χ2v) is 15.9. The molecule has 0 saturated heterocycles. The third kappa shape index (κ3) is 48.4. The summed E-state index contributed by atoms with van der Waals surface area (Å²) < 4.78 is 16.7. The van der Waals surface area contributed by atoms with Gasteiger partial charge in [0.15, 0.2) is 6.10 Å². The first-order chi connectivity index (χ1) is 31.0. The standard InChI is InChI=1S/C57H88O6/c1-4-7-10-13-16-19-22-25-27-28-29-30-33-35-38-41-44-47-50-56(59)62-53-54(52-61-55(58)49-46-43-40-37-34-31-24-21-18-15-12-9-6-3)63-57(60)51-48-45-42-39-36-32-26-23-20-17-14-11-8-5-2/h9-10,12-13,15-16,18-19,21-22,24-25,27-32,34,36-37,40,54H,4-8,11,14,17,20,23,26,33,35,38-39,41-53H2,1-3H3/b12-9+,13-10+,18-15+,19-16+,24-21+,25-22+,28-27+,30-29+,34-31+,36-32+,40-37+. The molecule has 0 aliphatic heterocycles. The first kappa shape index (κ1) is 58.6. The molecule has 1 atom stereocenters. The number of hydrogen-bond donors (Lipinski definition) is 0. The van der Waals surface area contributed by atoms with Gasteiger partial charge in [-0.3, -0.25) is 14.4 Å². The lowest BCUT2D eigenvalue weighted by Crippen LogP contribution is -2.30. The number of ether oxygens (including phenoxy) is 3. The fourth-order valence-corrected chi connectivity index (χ4v) is 6.14. The van der Waals surface area contributed by atoms with Crippen LogP contribution in [0.4, 0.5) is 0 Å². The molecule has 0 aromatic heterocycles. The molecule has 0 aliphatic rings. The molecular formula is C57H88O6. The summed E-state index contributed by atoms with van der Waals surface area (Å²) in [5.41, 5.74) is 0. The van der Waals surface area contributed by atoms with Gasteiger partial charge in [0, 0.05) is 19.3 Å². The minimum Gasteiger partial charge on any atom is -0.462 e. The normalized spacial score (nSPS) is 13.3. The summed E-state index contributed by atoms with van der Waals surface area (Å²) in [4.78, 5) is 37.9. The van der Waals surface area contributed by atoms with Gasteiger partial charge in [0.05, 0.1) is 0 Å². The van der Waals surface area contributed by atoms with Crippen LogP contribution >= 0.6 is 0 Å². The predicted octanol–water partition coefficient (Wildman–Crippen LogP) is 16.3. The molecule has 0 bridgehead atoms. The summed E-state index contributed by atoms with van der Waals surface area (Å²) in [5, 5.41) is 0. The molecule has 6 nitrogen and oxygen atoms in total. The molecule has 0 radical (unpaired) electrons. The van der Waals surface area contributed by atoms with Gasteiger partial charge in [-0.05, 0) is 77.0 Å². The molecule has 6 heteroatoms. The van der Waals surface area contributed by atoms with Crippen molar-refractivity contribution in [2.45, 2.75) is 194 Å². The number of hydrogen-bond acceptors (Lipinski definition) is 6. The summed E-state index contributed by atoms with van der Waals surface area (Å²) >= 11 is 0. The predicted molar refractivity (Wildman–Crippen MR) is 269 cm³/mol. The summed E-state index contributed by atoms with van der Waals surface area (Å²) in [6, 6.07) is 0. The molecule has 0 fully saturated rings. The SMILES string of the molecule is CC/C=C/C=C/C=C/C=C/C=C/CCCC(=O)OCC(COC(=O)CCCCCCC/C=C/C=C/C=C/C=C/C=C/CCC)OC(=O)CCCCC/C=C/CCCCCCCCC. The third-order valence-corrected chi connectivity index (χ3v) is 9.85. The lowest BCUT2D eigenvalue weighted by Gasteiger charge is -2.18. The van der Waals surface area contributed by atoms with Crippen LogP contribution in [0.25, 0.3) is 0 Å². The van der Waals surface area contributed by atoms with Crippen LogP contribution in [0, 0.1) is 0 Å². The second-order valence-electron chi connectivity index (χ2n) is 15.9. The zero-order valence-corrected chi connectivity index (χ0v) is 40.0.